The molecule has 112 valence electrons. The fourth-order valence-electron chi connectivity index (χ4n) is 2.61. The maximum atomic E-state index is 12.5. The van der Waals surface area contributed by atoms with Gasteiger partial charge >= 0.3 is 6.18 Å². The third kappa shape index (κ3) is 3.87. The number of ether oxygens (including phenoxy) is 1. The Morgan fingerprint density at radius 3 is 2.45 bits per heavy atom. The van der Waals surface area contributed by atoms with Gasteiger partial charge in [0.05, 0.1) is 12.5 Å². The van der Waals surface area contributed by atoms with Crippen LogP contribution in [-0.2, 0) is 9.53 Å². The number of halogens is 3. The molecule has 0 radical (unpaired) electrons. The van der Waals surface area contributed by atoms with Crippen LogP contribution in [0.15, 0.2) is 24.0 Å². The molecule has 2 aliphatic carbocycles. The monoisotopic (exact) mass is 288 g/mol. The highest BCUT2D eigenvalue weighted by molar-refractivity contribution is 5.94. The number of allylic oxidation sites excluding steroid dienone is 3. The molecule has 5 heteroatoms. The third-order valence-corrected chi connectivity index (χ3v) is 4.08. The van der Waals surface area contributed by atoms with Crippen LogP contribution < -0.4 is 0 Å². The molecular formula is C15H19F3O2. The Labute approximate surface area is 116 Å². The van der Waals surface area contributed by atoms with E-state index in [0.717, 1.165) is 0 Å². The van der Waals surface area contributed by atoms with Crippen LogP contribution in [0.3, 0.4) is 0 Å². The minimum absolute atomic E-state index is 0.00304. The second-order valence-electron chi connectivity index (χ2n) is 5.67. The Morgan fingerprint density at radius 2 is 1.90 bits per heavy atom. The lowest BCUT2D eigenvalue weighted by atomic mass is 9.82. The second kappa shape index (κ2) is 6.02. The van der Waals surface area contributed by atoms with Gasteiger partial charge in [0.15, 0.2) is 5.78 Å². The molecular weight excluding hydrogens is 269 g/mol. The van der Waals surface area contributed by atoms with Gasteiger partial charge in [-0.2, -0.15) is 13.2 Å². The summed E-state index contributed by atoms with van der Waals surface area (Å²) < 4.78 is 43.1. The van der Waals surface area contributed by atoms with Crippen LogP contribution in [0.4, 0.5) is 13.2 Å². The van der Waals surface area contributed by atoms with Crippen molar-refractivity contribution in [2.24, 2.45) is 17.8 Å². The smallest absolute Gasteiger partial charge is 0.391 e. The molecule has 2 aliphatic rings. The van der Waals surface area contributed by atoms with E-state index in [4.69, 9.17) is 4.74 Å². The van der Waals surface area contributed by atoms with Crippen molar-refractivity contribution in [3.8, 4) is 0 Å². The van der Waals surface area contributed by atoms with E-state index < -0.39 is 12.1 Å². The van der Waals surface area contributed by atoms with Gasteiger partial charge in [0.1, 0.15) is 5.76 Å². The van der Waals surface area contributed by atoms with E-state index in [1.165, 1.54) is 6.08 Å². The first kappa shape index (κ1) is 15.1. The van der Waals surface area contributed by atoms with Crippen molar-refractivity contribution in [3.05, 3.63) is 24.0 Å². The highest BCUT2D eigenvalue weighted by atomic mass is 19.4. The molecule has 0 amide bonds. The molecule has 1 saturated carbocycles. The molecule has 0 aliphatic heterocycles. The summed E-state index contributed by atoms with van der Waals surface area (Å²) in [6.07, 6.45) is 2.36. The molecule has 0 saturated heterocycles. The van der Waals surface area contributed by atoms with Gasteiger partial charge in [-0.1, -0.05) is 13.0 Å². The van der Waals surface area contributed by atoms with Crippen LogP contribution in [0.1, 0.15) is 32.6 Å². The van der Waals surface area contributed by atoms with Gasteiger partial charge in [-0.15, -0.1) is 0 Å². The Bertz CT molecular complexity index is 415. The average Bonchev–Trinajstić information content (AvgIpc) is 2.40. The lowest BCUT2D eigenvalue weighted by Crippen LogP contribution is -2.29. The lowest BCUT2D eigenvalue weighted by Gasteiger charge is -2.29. The first-order valence-electron chi connectivity index (χ1n) is 6.99. The molecule has 0 aromatic carbocycles. The minimum Gasteiger partial charge on any atom is -0.493 e. The fourth-order valence-corrected chi connectivity index (χ4v) is 2.61. The summed E-state index contributed by atoms with van der Waals surface area (Å²) in [7, 11) is 0. The number of carbonyl (C=O) groups is 1. The summed E-state index contributed by atoms with van der Waals surface area (Å²) in [6.45, 7) is 2.20. The fraction of sp³-hybridized carbons (Fsp3) is 0.667. The molecule has 1 atom stereocenters. The highest BCUT2D eigenvalue weighted by Crippen LogP contribution is 2.39. The molecule has 2 rings (SSSR count). The Hall–Kier alpha value is -1.26. The Kier molecular flexibility index (Phi) is 4.55. The van der Waals surface area contributed by atoms with E-state index in [2.05, 4.69) is 0 Å². The zero-order chi connectivity index (χ0) is 14.8. The van der Waals surface area contributed by atoms with Crippen molar-refractivity contribution in [2.75, 3.05) is 6.61 Å². The number of carbonyl (C=O) groups excluding carboxylic acids is 1. The summed E-state index contributed by atoms with van der Waals surface area (Å²) >= 11 is 0. The van der Waals surface area contributed by atoms with Gasteiger partial charge in [0, 0.05) is 12.0 Å². The van der Waals surface area contributed by atoms with E-state index >= 15 is 0 Å². The molecule has 2 nitrogen and oxygen atoms in total. The summed E-state index contributed by atoms with van der Waals surface area (Å²) in [5, 5.41) is 0. The number of rotatable bonds is 3. The van der Waals surface area contributed by atoms with Gasteiger partial charge < -0.3 is 4.74 Å². The maximum Gasteiger partial charge on any atom is 0.391 e. The molecule has 0 spiro atoms. The quantitative estimate of drug-likeness (QED) is 0.783. The van der Waals surface area contributed by atoms with E-state index in [1.54, 1.807) is 12.2 Å². The molecule has 0 heterocycles. The number of ketones is 1. The number of alkyl halides is 3. The average molecular weight is 288 g/mol. The van der Waals surface area contributed by atoms with Gasteiger partial charge in [0.2, 0.25) is 0 Å². The number of hydrogen-bond acceptors (Lipinski definition) is 2. The Balaban J connectivity index is 1.76. The molecule has 0 aromatic rings. The standard InChI is InChI=1S/C15H19F3O2/c1-10-2-7-13(8-14(10)19)20-9-11-3-5-12(6-4-11)15(16,17)18/h2,7-8,10-12H,3-6,9H2,1H3/t10?,11-,12+. The molecule has 0 aromatic heterocycles. The van der Waals surface area contributed by atoms with Crippen LogP contribution in [0.5, 0.6) is 0 Å². The van der Waals surface area contributed by atoms with Crippen LogP contribution in [0, 0.1) is 17.8 Å². The summed E-state index contributed by atoms with van der Waals surface area (Å²) in [5.41, 5.74) is 0. The zero-order valence-electron chi connectivity index (χ0n) is 11.5. The first-order valence-corrected chi connectivity index (χ1v) is 6.99. The SMILES string of the molecule is CC1C=CC(OC[C@H]2CC[C@@H](C(F)(F)F)CC2)=CC1=O. The van der Waals surface area contributed by atoms with E-state index in [9.17, 15) is 18.0 Å². The van der Waals surface area contributed by atoms with E-state index in [0.29, 0.717) is 25.2 Å². The van der Waals surface area contributed by atoms with Crippen molar-refractivity contribution >= 4 is 5.78 Å². The predicted octanol–water partition coefficient (Wildman–Crippen LogP) is 4.03. The van der Waals surface area contributed by atoms with E-state index in [1.807, 2.05) is 6.92 Å². The Morgan fingerprint density at radius 1 is 1.25 bits per heavy atom. The predicted molar refractivity (Wildman–Crippen MR) is 68.8 cm³/mol. The van der Waals surface area contributed by atoms with Gasteiger partial charge in [-0.25, -0.2) is 0 Å². The summed E-state index contributed by atoms with van der Waals surface area (Å²) in [4.78, 5) is 11.5. The van der Waals surface area contributed by atoms with Crippen molar-refractivity contribution in [2.45, 2.75) is 38.8 Å². The summed E-state index contributed by atoms with van der Waals surface area (Å²) in [5.74, 6) is -0.605. The highest BCUT2D eigenvalue weighted by Gasteiger charge is 2.41. The van der Waals surface area contributed by atoms with Crippen molar-refractivity contribution in [1.29, 1.82) is 0 Å². The maximum absolute atomic E-state index is 12.5. The van der Waals surface area contributed by atoms with Crippen LogP contribution in [-0.4, -0.2) is 18.6 Å². The molecule has 0 bridgehead atoms. The number of hydrogen-bond donors (Lipinski definition) is 0. The zero-order valence-corrected chi connectivity index (χ0v) is 11.5. The lowest BCUT2D eigenvalue weighted by molar-refractivity contribution is -0.184. The van der Waals surface area contributed by atoms with Crippen molar-refractivity contribution < 1.29 is 22.7 Å². The van der Waals surface area contributed by atoms with Crippen LogP contribution in [0.25, 0.3) is 0 Å². The van der Waals surface area contributed by atoms with Gasteiger partial charge in [0.25, 0.3) is 0 Å². The third-order valence-electron chi connectivity index (χ3n) is 4.08. The summed E-state index contributed by atoms with van der Waals surface area (Å²) in [6, 6.07) is 0. The second-order valence-corrected chi connectivity index (χ2v) is 5.67. The molecule has 0 N–H and O–H groups in total. The van der Waals surface area contributed by atoms with Gasteiger partial charge in [-0.05, 0) is 37.7 Å². The van der Waals surface area contributed by atoms with Gasteiger partial charge in [-0.3, -0.25) is 4.79 Å². The largest absolute Gasteiger partial charge is 0.493 e. The minimum atomic E-state index is -4.07. The first-order chi connectivity index (χ1) is 9.36. The van der Waals surface area contributed by atoms with E-state index in [-0.39, 0.29) is 30.5 Å². The normalized spacial score (nSPS) is 31.1. The molecule has 1 unspecified atom stereocenters. The van der Waals surface area contributed by atoms with Crippen LogP contribution >= 0.6 is 0 Å². The molecule has 20 heavy (non-hydrogen) atoms. The van der Waals surface area contributed by atoms with Crippen molar-refractivity contribution in [3.63, 3.8) is 0 Å². The molecule has 1 fully saturated rings. The topological polar surface area (TPSA) is 26.3 Å². The van der Waals surface area contributed by atoms with Crippen molar-refractivity contribution in [1.82, 2.24) is 0 Å². The van der Waals surface area contributed by atoms with Crippen LogP contribution in [0.2, 0.25) is 0 Å².